The number of nitrogens with one attached hydrogen (secondary N) is 1. The van der Waals surface area contributed by atoms with Crippen molar-refractivity contribution in [1.29, 1.82) is 0 Å². The molecule has 6 heteroatoms. The molecule has 0 saturated carbocycles. The third-order valence-electron chi connectivity index (χ3n) is 2.97. The average Bonchev–Trinajstić information content (AvgIpc) is 2.95. The van der Waals surface area contributed by atoms with Crippen LogP contribution in [-0.2, 0) is 11.2 Å². The Hall–Kier alpha value is -2.24. The zero-order valence-corrected chi connectivity index (χ0v) is 11.7. The minimum atomic E-state index is 0.000442. The van der Waals surface area contributed by atoms with E-state index in [0.29, 0.717) is 24.6 Å². The molecule has 106 valence electrons. The third kappa shape index (κ3) is 3.88. The Morgan fingerprint density at radius 3 is 3.05 bits per heavy atom. The van der Waals surface area contributed by atoms with Crippen molar-refractivity contribution in [2.45, 2.75) is 39.2 Å². The molecule has 2 rings (SSSR count). The zero-order chi connectivity index (χ0) is 14.4. The highest BCUT2D eigenvalue weighted by atomic mass is 16.5. The molecule has 1 amide bonds. The Morgan fingerprint density at radius 1 is 1.50 bits per heavy atom. The van der Waals surface area contributed by atoms with Gasteiger partial charge in [-0.25, -0.2) is 0 Å². The van der Waals surface area contributed by atoms with Gasteiger partial charge in [0.15, 0.2) is 0 Å². The molecule has 0 aliphatic heterocycles. The fraction of sp³-hybridized carbons (Fsp3) is 0.429. The van der Waals surface area contributed by atoms with Crippen molar-refractivity contribution in [1.82, 2.24) is 20.4 Å². The lowest BCUT2D eigenvalue weighted by atomic mass is 10.2. The van der Waals surface area contributed by atoms with Gasteiger partial charge in [0, 0.05) is 36.8 Å². The predicted molar refractivity (Wildman–Crippen MR) is 73.7 cm³/mol. The van der Waals surface area contributed by atoms with E-state index in [4.69, 9.17) is 4.52 Å². The smallest absolute Gasteiger partial charge is 0.227 e. The summed E-state index contributed by atoms with van der Waals surface area (Å²) in [5.41, 5.74) is 0.798. The van der Waals surface area contributed by atoms with Crippen LogP contribution in [0.25, 0.3) is 11.4 Å². The van der Waals surface area contributed by atoms with Crippen molar-refractivity contribution in [3.8, 4) is 11.4 Å². The number of aromatic nitrogens is 3. The second kappa shape index (κ2) is 6.79. The molecule has 6 nitrogen and oxygen atoms in total. The van der Waals surface area contributed by atoms with Gasteiger partial charge in [-0.3, -0.25) is 9.78 Å². The topological polar surface area (TPSA) is 80.9 Å². The summed E-state index contributed by atoms with van der Waals surface area (Å²) in [6.45, 7) is 4.01. The SMILES string of the molecule is CC[C@@H](C)NC(=O)CCc1nc(-c2cccnc2)no1. The first-order chi connectivity index (χ1) is 9.69. The number of nitrogens with zero attached hydrogens (tertiary/aromatic N) is 3. The number of rotatable bonds is 6. The summed E-state index contributed by atoms with van der Waals surface area (Å²) in [5.74, 6) is 0.957. The van der Waals surface area contributed by atoms with Crippen molar-refractivity contribution < 1.29 is 9.32 Å². The Morgan fingerprint density at radius 2 is 2.35 bits per heavy atom. The molecular weight excluding hydrogens is 256 g/mol. The van der Waals surface area contributed by atoms with Crippen molar-refractivity contribution in [2.75, 3.05) is 0 Å². The maximum atomic E-state index is 11.7. The number of carbonyl (C=O) groups excluding carboxylic acids is 1. The molecule has 0 unspecified atom stereocenters. The van der Waals surface area contributed by atoms with Crippen LogP contribution in [0.4, 0.5) is 0 Å². The largest absolute Gasteiger partial charge is 0.354 e. The fourth-order valence-electron chi connectivity index (χ4n) is 1.64. The molecule has 0 aliphatic carbocycles. The molecule has 20 heavy (non-hydrogen) atoms. The van der Waals surface area contributed by atoms with E-state index in [1.165, 1.54) is 0 Å². The Labute approximate surface area is 117 Å². The number of hydrogen-bond donors (Lipinski definition) is 1. The summed E-state index contributed by atoms with van der Waals surface area (Å²) in [7, 11) is 0. The van der Waals surface area contributed by atoms with Crippen molar-refractivity contribution in [3.05, 3.63) is 30.4 Å². The summed E-state index contributed by atoms with van der Waals surface area (Å²) in [6.07, 6.45) is 5.06. The average molecular weight is 274 g/mol. The highest BCUT2D eigenvalue weighted by Crippen LogP contribution is 2.14. The van der Waals surface area contributed by atoms with E-state index in [2.05, 4.69) is 20.4 Å². The maximum Gasteiger partial charge on any atom is 0.227 e. The molecule has 0 saturated heterocycles. The van der Waals surface area contributed by atoms with Crippen LogP contribution in [-0.4, -0.2) is 27.1 Å². The van der Waals surface area contributed by atoms with Crippen molar-refractivity contribution >= 4 is 5.91 Å². The minimum absolute atomic E-state index is 0.000442. The van der Waals surface area contributed by atoms with Gasteiger partial charge in [-0.05, 0) is 25.5 Å². The summed E-state index contributed by atoms with van der Waals surface area (Å²) in [6, 6.07) is 3.86. The van der Waals surface area contributed by atoms with Gasteiger partial charge in [0.25, 0.3) is 0 Å². The molecule has 2 heterocycles. The normalized spacial score (nSPS) is 12.1. The van der Waals surface area contributed by atoms with Gasteiger partial charge in [0.05, 0.1) is 0 Å². The highest BCUT2D eigenvalue weighted by Gasteiger charge is 2.11. The van der Waals surface area contributed by atoms with Crippen LogP contribution in [0.5, 0.6) is 0 Å². The summed E-state index contributed by atoms with van der Waals surface area (Å²) in [5, 5.41) is 6.78. The van der Waals surface area contributed by atoms with E-state index >= 15 is 0 Å². The number of pyridine rings is 1. The lowest BCUT2D eigenvalue weighted by Crippen LogP contribution is -2.32. The first-order valence-corrected chi connectivity index (χ1v) is 6.71. The number of carbonyl (C=O) groups is 1. The van der Waals surface area contributed by atoms with Crippen LogP contribution in [0.3, 0.4) is 0 Å². The molecule has 0 aromatic carbocycles. The summed E-state index contributed by atoms with van der Waals surface area (Å²) in [4.78, 5) is 19.9. The van der Waals surface area contributed by atoms with E-state index in [1.807, 2.05) is 26.0 Å². The van der Waals surface area contributed by atoms with Crippen LogP contribution < -0.4 is 5.32 Å². The Bertz CT molecular complexity index is 553. The Balaban J connectivity index is 1.89. The van der Waals surface area contributed by atoms with Gasteiger partial charge >= 0.3 is 0 Å². The third-order valence-corrected chi connectivity index (χ3v) is 2.97. The second-order valence-corrected chi connectivity index (χ2v) is 4.63. The number of aryl methyl sites for hydroxylation is 1. The number of amides is 1. The fourth-order valence-corrected chi connectivity index (χ4v) is 1.64. The van der Waals surface area contributed by atoms with E-state index in [9.17, 15) is 4.79 Å². The zero-order valence-electron chi connectivity index (χ0n) is 11.7. The standard InChI is InChI=1S/C14H18N4O2/c1-3-10(2)16-12(19)6-7-13-17-14(18-20-13)11-5-4-8-15-9-11/h4-5,8-10H,3,6-7H2,1-2H3,(H,16,19)/t10-/m1/s1. The van der Waals surface area contributed by atoms with Gasteiger partial charge in [-0.1, -0.05) is 12.1 Å². The van der Waals surface area contributed by atoms with Crippen molar-refractivity contribution in [3.63, 3.8) is 0 Å². The monoisotopic (exact) mass is 274 g/mol. The minimum Gasteiger partial charge on any atom is -0.354 e. The van der Waals surface area contributed by atoms with E-state index < -0.39 is 0 Å². The molecule has 0 fully saturated rings. The van der Waals surface area contributed by atoms with Crippen LogP contribution in [0.15, 0.2) is 29.0 Å². The van der Waals surface area contributed by atoms with Crippen LogP contribution in [0, 0.1) is 0 Å². The molecule has 0 aliphatic rings. The molecule has 1 atom stereocenters. The van der Waals surface area contributed by atoms with E-state index in [1.54, 1.807) is 12.4 Å². The van der Waals surface area contributed by atoms with Gasteiger partial charge in [0.2, 0.25) is 17.6 Å². The molecular formula is C14H18N4O2. The lowest BCUT2D eigenvalue weighted by Gasteiger charge is -2.10. The molecule has 1 N–H and O–H groups in total. The molecule has 0 radical (unpaired) electrons. The van der Waals surface area contributed by atoms with Gasteiger partial charge in [0.1, 0.15) is 0 Å². The number of hydrogen-bond acceptors (Lipinski definition) is 5. The summed E-state index contributed by atoms with van der Waals surface area (Å²) >= 11 is 0. The Kier molecular flexibility index (Phi) is 4.81. The van der Waals surface area contributed by atoms with Crippen LogP contribution in [0.1, 0.15) is 32.6 Å². The first-order valence-electron chi connectivity index (χ1n) is 6.71. The maximum absolute atomic E-state index is 11.7. The van der Waals surface area contributed by atoms with Crippen LogP contribution >= 0.6 is 0 Å². The quantitative estimate of drug-likeness (QED) is 0.871. The second-order valence-electron chi connectivity index (χ2n) is 4.63. The first kappa shape index (κ1) is 14.2. The molecule has 2 aromatic heterocycles. The highest BCUT2D eigenvalue weighted by molar-refractivity contribution is 5.76. The molecule has 2 aromatic rings. The van der Waals surface area contributed by atoms with Gasteiger partial charge < -0.3 is 9.84 Å². The molecule has 0 spiro atoms. The van der Waals surface area contributed by atoms with Crippen molar-refractivity contribution in [2.24, 2.45) is 0 Å². The predicted octanol–water partition coefficient (Wildman–Crippen LogP) is 1.98. The van der Waals surface area contributed by atoms with Gasteiger partial charge in [-0.2, -0.15) is 4.98 Å². The lowest BCUT2D eigenvalue weighted by molar-refractivity contribution is -0.121. The van der Waals surface area contributed by atoms with E-state index in [0.717, 1.165) is 12.0 Å². The van der Waals surface area contributed by atoms with Crippen LogP contribution in [0.2, 0.25) is 0 Å². The van der Waals surface area contributed by atoms with Gasteiger partial charge in [-0.15, -0.1) is 0 Å². The van der Waals surface area contributed by atoms with E-state index in [-0.39, 0.29) is 11.9 Å². The molecule has 0 bridgehead atoms. The summed E-state index contributed by atoms with van der Waals surface area (Å²) < 4.78 is 5.13.